The zero-order valence-corrected chi connectivity index (χ0v) is 12.6. The summed E-state index contributed by atoms with van der Waals surface area (Å²) < 4.78 is 4.84. The van der Waals surface area contributed by atoms with Gasteiger partial charge in [0, 0.05) is 37.9 Å². The summed E-state index contributed by atoms with van der Waals surface area (Å²) in [5.74, 6) is -0.203. The van der Waals surface area contributed by atoms with Crippen LogP contribution in [0.3, 0.4) is 0 Å². The first-order chi connectivity index (χ1) is 9.63. The molecule has 0 amide bonds. The van der Waals surface area contributed by atoms with E-state index in [2.05, 4.69) is 41.0 Å². The van der Waals surface area contributed by atoms with Crippen molar-refractivity contribution in [3.05, 3.63) is 30.3 Å². The van der Waals surface area contributed by atoms with E-state index in [0.717, 1.165) is 26.2 Å². The second kappa shape index (κ2) is 6.75. The Morgan fingerprint density at radius 1 is 1.10 bits per heavy atom. The van der Waals surface area contributed by atoms with Crippen molar-refractivity contribution in [2.45, 2.75) is 19.9 Å². The maximum atomic E-state index is 11.6. The summed E-state index contributed by atoms with van der Waals surface area (Å²) in [5, 5.41) is 0. The second-order valence-corrected chi connectivity index (χ2v) is 5.41. The molecule has 0 N–H and O–H groups in total. The number of esters is 1. The molecule has 0 bridgehead atoms. The van der Waals surface area contributed by atoms with Crippen molar-refractivity contribution in [3.63, 3.8) is 0 Å². The molecule has 110 valence electrons. The fraction of sp³-hybridized carbons (Fsp3) is 0.562. The Bertz CT molecular complexity index is 427. The minimum Gasteiger partial charge on any atom is -0.469 e. The molecule has 2 atom stereocenters. The number of methoxy groups -OCH3 is 1. The van der Waals surface area contributed by atoms with Gasteiger partial charge in [-0.2, -0.15) is 0 Å². The first kappa shape index (κ1) is 14.9. The van der Waals surface area contributed by atoms with Gasteiger partial charge >= 0.3 is 5.97 Å². The molecular weight excluding hydrogens is 252 g/mol. The van der Waals surface area contributed by atoms with E-state index in [1.165, 1.54) is 12.8 Å². The number of hydrogen-bond acceptors (Lipinski definition) is 4. The van der Waals surface area contributed by atoms with Gasteiger partial charge in [0.15, 0.2) is 0 Å². The average Bonchev–Trinajstić information content (AvgIpc) is 2.53. The van der Waals surface area contributed by atoms with Crippen LogP contribution in [-0.4, -0.2) is 50.2 Å². The number of carbonyl (C=O) groups excluding carboxylic acids is 1. The maximum Gasteiger partial charge on any atom is 0.309 e. The molecule has 1 fully saturated rings. The number of benzene rings is 1. The minimum absolute atomic E-state index is 0.0803. The van der Waals surface area contributed by atoms with Crippen LogP contribution in [0.2, 0.25) is 0 Å². The second-order valence-electron chi connectivity index (χ2n) is 5.41. The quantitative estimate of drug-likeness (QED) is 0.788. The van der Waals surface area contributed by atoms with Crippen molar-refractivity contribution < 1.29 is 9.53 Å². The van der Waals surface area contributed by atoms with Crippen LogP contribution >= 0.6 is 0 Å². The molecular formula is C16H24N2O2. The molecule has 0 saturated carbocycles. The van der Waals surface area contributed by atoms with E-state index in [9.17, 15) is 4.79 Å². The number of rotatable bonds is 4. The fourth-order valence-electron chi connectivity index (χ4n) is 2.73. The molecule has 2 unspecified atom stereocenters. The first-order valence-electron chi connectivity index (χ1n) is 7.25. The molecule has 0 aliphatic carbocycles. The molecule has 1 heterocycles. The highest BCUT2D eigenvalue weighted by molar-refractivity contribution is 5.72. The van der Waals surface area contributed by atoms with Crippen LogP contribution < -0.4 is 4.90 Å². The monoisotopic (exact) mass is 276 g/mol. The number of piperazine rings is 1. The van der Waals surface area contributed by atoms with E-state index in [1.807, 2.05) is 13.0 Å². The van der Waals surface area contributed by atoms with Crippen LogP contribution in [0.15, 0.2) is 30.3 Å². The Balaban J connectivity index is 1.89. The molecule has 1 aliphatic rings. The molecule has 2 rings (SSSR count). The lowest BCUT2D eigenvalue weighted by Crippen LogP contribution is -2.52. The molecule has 0 spiro atoms. The van der Waals surface area contributed by atoms with Crippen molar-refractivity contribution in [1.29, 1.82) is 0 Å². The van der Waals surface area contributed by atoms with Crippen molar-refractivity contribution in [2.75, 3.05) is 38.2 Å². The normalized spacial score (nSPS) is 19.4. The largest absolute Gasteiger partial charge is 0.469 e. The Morgan fingerprint density at radius 3 is 2.25 bits per heavy atom. The smallest absolute Gasteiger partial charge is 0.309 e. The number of carbonyl (C=O) groups is 1. The first-order valence-corrected chi connectivity index (χ1v) is 7.25. The number of para-hydroxylation sites is 1. The van der Waals surface area contributed by atoms with Crippen LogP contribution in [0.1, 0.15) is 13.8 Å². The van der Waals surface area contributed by atoms with Crippen molar-refractivity contribution in [3.8, 4) is 0 Å². The van der Waals surface area contributed by atoms with Crippen LogP contribution in [0.5, 0.6) is 0 Å². The topological polar surface area (TPSA) is 32.8 Å². The lowest BCUT2D eigenvalue weighted by molar-refractivity contribution is -0.147. The van der Waals surface area contributed by atoms with Crippen LogP contribution in [0, 0.1) is 5.92 Å². The highest BCUT2D eigenvalue weighted by Crippen LogP contribution is 2.19. The summed E-state index contributed by atoms with van der Waals surface area (Å²) in [6.07, 6.45) is 0. The van der Waals surface area contributed by atoms with Crippen molar-refractivity contribution in [1.82, 2.24) is 4.90 Å². The minimum atomic E-state index is -0.122. The van der Waals surface area contributed by atoms with Crippen LogP contribution in [-0.2, 0) is 9.53 Å². The molecule has 1 aliphatic heterocycles. The standard InChI is InChI=1S/C16H24N2O2/c1-13(16(19)20-3)14(2)17-9-11-18(12-10-17)15-7-5-4-6-8-15/h4-8,13-14H,9-12H2,1-3H3. The van der Waals surface area contributed by atoms with Crippen LogP contribution in [0.4, 0.5) is 5.69 Å². The van der Waals surface area contributed by atoms with Gasteiger partial charge < -0.3 is 9.64 Å². The summed E-state index contributed by atoms with van der Waals surface area (Å²) in [5.41, 5.74) is 1.28. The predicted octanol–water partition coefficient (Wildman–Crippen LogP) is 2.01. The molecule has 0 radical (unpaired) electrons. The van der Waals surface area contributed by atoms with Gasteiger partial charge in [-0.15, -0.1) is 0 Å². The van der Waals surface area contributed by atoms with Gasteiger partial charge in [0.1, 0.15) is 0 Å². The van der Waals surface area contributed by atoms with E-state index < -0.39 is 0 Å². The third-order valence-electron chi connectivity index (χ3n) is 4.31. The van der Waals surface area contributed by atoms with Gasteiger partial charge in [-0.1, -0.05) is 25.1 Å². The van der Waals surface area contributed by atoms with Gasteiger partial charge in [-0.25, -0.2) is 0 Å². The van der Waals surface area contributed by atoms with E-state index in [0.29, 0.717) is 0 Å². The molecule has 4 heteroatoms. The molecule has 0 aromatic heterocycles. The highest BCUT2D eigenvalue weighted by Gasteiger charge is 2.28. The van der Waals surface area contributed by atoms with E-state index >= 15 is 0 Å². The Labute approximate surface area is 121 Å². The number of nitrogens with zero attached hydrogens (tertiary/aromatic N) is 2. The molecule has 4 nitrogen and oxygen atoms in total. The number of ether oxygens (including phenoxy) is 1. The van der Waals surface area contributed by atoms with Gasteiger partial charge in [0.25, 0.3) is 0 Å². The van der Waals surface area contributed by atoms with E-state index in [1.54, 1.807) is 0 Å². The predicted molar refractivity (Wildman–Crippen MR) is 80.9 cm³/mol. The van der Waals surface area contributed by atoms with Crippen molar-refractivity contribution in [2.24, 2.45) is 5.92 Å². The Kier molecular flexibility index (Phi) is 5.01. The molecule has 20 heavy (non-hydrogen) atoms. The summed E-state index contributed by atoms with van der Waals surface area (Å²) in [6.45, 7) is 8.03. The third kappa shape index (κ3) is 3.31. The van der Waals surface area contributed by atoms with E-state index in [4.69, 9.17) is 4.74 Å². The summed E-state index contributed by atoms with van der Waals surface area (Å²) in [4.78, 5) is 16.4. The lowest BCUT2D eigenvalue weighted by atomic mass is 10.0. The highest BCUT2D eigenvalue weighted by atomic mass is 16.5. The van der Waals surface area contributed by atoms with Gasteiger partial charge in [-0.3, -0.25) is 9.69 Å². The Morgan fingerprint density at radius 2 is 1.70 bits per heavy atom. The van der Waals surface area contributed by atoms with E-state index in [-0.39, 0.29) is 17.9 Å². The van der Waals surface area contributed by atoms with Gasteiger partial charge in [0.05, 0.1) is 13.0 Å². The van der Waals surface area contributed by atoms with Crippen LogP contribution in [0.25, 0.3) is 0 Å². The summed E-state index contributed by atoms with van der Waals surface area (Å²) >= 11 is 0. The van der Waals surface area contributed by atoms with Gasteiger partial charge in [-0.05, 0) is 19.1 Å². The SMILES string of the molecule is COC(=O)C(C)C(C)N1CCN(c2ccccc2)CC1. The lowest BCUT2D eigenvalue weighted by Gasteiger charge is -2.40. The molecule has 1 aromatic rings. The zero-order valence-electron chi connectivity index (χ0n) is 12.6. The zero-order chi connectivity index (χ0) is 14.5. The maximum absolute atomic E-state index is 11.6. The number of anilines is 1. The third-order valence-corrected chi connectivity index (χ3v) is 4.31. The average molecular weight is 276 g/mol. The molecule has 1 saturated heterocycles. The van der Waals surface area contributed by atoms with Crippen molar-refractivity contribution >= 4 is 11.7 Å². The summed E-state index contributed by atoms with van der Waals surface area (Å²) in [6, 6.07) is 10.7. The Hall–Kier alpha value is -1.55. The molecule has 1 aromatic carbocycles. The van der Waals surface area contributed by atoms with Gasteiger partial charge in [0.2, 0.25) is 0 Å². The number of hydrogen-bond donors (Lipinski definition) is 0. The summed E-state index contributed by atoms with van der Waals surface area (Å²) in [7, 11) is 1.46. The fourth-order valence-corrected chi connectivity index (χ4v) is 2.73.